The molecule has 0 saturated carbocycles. The molecule has 0 radical (unpaired) electrons. The molecule has 0 aliphatic carbocycles. The van der Waals surface area contributed by atoms with E-state index in [2.05, 4.69) is 5.32 Å². The third-order valence-electron chi connectivity index (χ3n) is 2.05. The number of nitriles is 2. The van der Waals surface area contributed by atoms with Gasteiger partial charge in [0.1, 0.15) is 19.1 Å². The number of amides is 1. The Balaban J connectivity index is 2.54. The van der Waals surface area contributed by atoms with E-state index in [1.54, 1.807) is 0 Å². The van der Waals surface area contributed by atoms with E-state index in [1.807, 2.05) is 12.1 Å². The number of nitrogens with zero attached hydrogens (tertiary/aromatic N) is 3. The number of morpholine rings is 1. The Morgan fingerprint density at radius 1 is 1.47 bits per heavy atom. The second-order valence-electron chi connectivity index (χ2n) is 3.09. The highest BCUT2D eigenvalue weighted by Crippen LogP contribution is 1.99. The zero-order valence-corrected chi connectivity index (χ0v) is 8.27. The van der Waals surface area contributed by atoms with Gasteiger partial charge in [0.2, 0.25) is 5.91 Å². The van der Waals surface area contributed by atoms with Gasteiger partial charge in [0.15, 0.2) is 0 Å². The average Bonchev–Trinajstić information content (AvgIpc) is 2.29. The summed E-state index contributed by atoms with van der Waals surface area (Å²) in [5.74, 6) is -0.252. The quantitative estimate of drug-likeness (QED) is 0.591. The number of nitrogens with one attached hydrogen (secondary N) is 1. The summed E-state index contributed by atoms with van der Waals surface area (Å²) in [7, 11) is 0. The van der Waals surface area contributed by atoms with Crippen molar-refractivity contribution >= 4 is 5.91 Å². The molecular weight excluding hydrogens is 196 g/mol. The maximum atomic E-state index is 11.8. The third-order valence-corrected chi connectivity index (χ3v) is 2.05. The summed E-state index contributed by atoms with van der Waals surface area (Å²) in [4.78, 5) is 13.0. The average molecular weight is 208 g/mol. The van der Waals surface area contributed by atoms with Crippen LogP contribution in [0.5, 0.6) is 0 Å². The van der Waals surface area contributed by atoms with Crippen molar-refractivity contribution in [2.45, 2.75) is 6.04 Å². The zero-order chi connectivity index (χ0) is 11.1. The molecule has 0 aromatic heterocycles. The predicted octanol–water partition coefficient (Wildman–Crippen LogP) is -1.15. The Labute approximate surface area is 88.0 Å². The summed E-state index contributed by atoms with van der Waals surface area (Å²) >= 11 is 0. The Kier molecular flexibility index (Phi) is 4.55. The minimum Gasteiger partial charge on any atom is -0.378 e. The summed E-state index contributed by atoms with van der Waals surface area (Å²) in [5, 5.41) is 20.0. The van der Waals surface area contributed by atoms with Crippen LogP contribution in [-0.4, -0.2) is 49.7 Å². The normalized spacial score (nSPS) is 20.0. The molecule has 15 heavy (non-hydrogen) atoms. The van der Waals surface area contributed by atoms with Gasteiger partial charge < -0.3 is 15.0 Å². The maximum Gasteiger partial charge on any atom is 0.243 e. The molecule has 1 aliphatic rings. The molecule has 0 aromatic rings. The van der Waals surface area contributed by atoms with Gasteiger partial charge in [-0.25, -0.2) is 0 Å². The van der Waals surface area contributed by atoms with Gasteiger partial charge in [-0.1, -0.05) is 0 Å². The number of ether oxygens (including phenoxy) is 1. The van der Waals surface area contributed by atoms with Gasteiger partial charge in [0, 0.05) is 6.54 Å². The molecule has 6 heteroatoms. The monoisotopic (exact) mass is 208 g/mol. The lowest BCUT2D eigenvalue weighted by Crippen LogP contribution is -2.52. The lowest BCUT2D eigenvalue weighted by Gasteiger charge is -2.27. The van der Waals surface area contributed by atoms with Gasteiger partial charge in [-0.3, -0.25) is 4.79 Å². The summed E-state index contributed by atoms with van der Waals surface area (Å²) in [6.45, 7) is 1.37. The lowest BCUT2D eigenvalue weighted by molar-refractivity contribution is -0.135. The Hall–Kier alpha value is -1.63. The molecule has 0 bridgehead atoms. The van der Waals surface area contributed by atoms with Crippen LogP contribution in [0.25, 0.3) is 0 Å². The van der Waals surface area contributed by atoms with Crippen LogP contribution in [0, 0.1) is 22.7 Å². The Morgan fingerprint density at radius 3 is 2.60 bits per heavy atom. The van der Waals surface area contributed by atoms with Crippen LogP contribution in [-0.2, 0) is 9.53 Å². The van der Waals surface area contributed by atoms with Crippen molar-refractivity contribution in [2.24, 2.45) is 0 Å². The molecule has 1 saturated heterocycles. The van der Waals surface area contributed by atoms with Gasteiger partial charge in [-0.2, -0.15) is 10.5 Å². The molecule has 1 fully saturated rings. The highest BCUT2D eigenvalue weighted by Gasteiger charge is 2.25. The molecule has 1 amide bonds. The van der Waals surface area contributed by atoms with Gasteiger partial charge in [-0.05, 0) is 0 Å². The lowest BCUT2D eigenvalue weighted by atomic mass is 10.2. The highest BCUT2D eigenvalue weighted by atomic mass is 16.5. The van der Waals surface area contributed by atoms with E-state index in [0.29, 0.717) is 19.8 Å². The highest BCUT2D eigenvalue weighted by molar-refractivity contribution is 5.82. The van der Waals surface area contributed by atoms with Gasteiger partial charge >= 0.3 is 0 Å². The first-order chi connectivity index (χ1) is 7.29. The van der Waals surface area contributed by atoms with Crippen LogP contribution in [0.3, 0.4) is 0 Å². The van der Waals surface area contributed by atoms with Gasteiger partial charge in [0.05, 0.1) is 25.4 Å². The summed E-state index contributed by atoms with van der Waals surface area (Å²) < 4.78 is 5.13. The fraction of sp³-hybridized carbons (Fsp3) is 0.667. The van der Waals surface area contributed by atoms with Crippen molar-refractivity contribution < 1.29 is 9.53 Å². The first-order valence-corrected chi connectivity index (χ1v) is 4.63. The van der Waals surface area contributed by atoms with Crippen molar-refractivity contribution in [2.75, 3.05) is 32.8 Å². The van der Waals surface area contributed by atoms with Crippen molar-refractivity contribution in [3.63, 3.8) is 0 Å². The first-order valence-electron chi connectivity index (χ1n) is 4.63. The smallest absolute Gasteiger partial charge is 0.243 e. The Bertz CT molecular complexity index is 282. The van der Waals surface area contributed by atoms with E-state index in [1.165, 1.54) is 4.90 Å². The van der Waals surface area contributed by atoms with Gasteiger partial charge in [0.25, 0.3) is 0 Å². The number of carbonyl (C=O) groups is 1. The van der Waals surface area contributed by atoms with E-state index in [4.69, 9.17) is 15.3 Å². The van der Waals surface area contributed by atoms with E-state index >= 15 is 0 Å². The molecule has 1 unspecified atom stereocenters. The van der Waals surface area contributed by atoms with Crippen LogP contribution < -0.4 is 5.32 Å². The Morgan fingerprint density at radius 2 is 2.13 bits per heavy atom. The fourth-order valence-corrected chi connectivity index (χ4v) is 1.33. The van der Waals surface area contributed by atoms with Crippen LogP contribution in [0.1, 0.15) is 0 Å². The standard InChI is InChI=1S/C9H12N4O2/c10-1-4-13(5-2-11)9(14)8-7-15-6-3-12-8/h8,12H,3-7H2. The van der Waals surface area contributed by atoms with E-state index in [-0.39, 0.29) is 19.0 Å². The number of carbonyl (C=O) groups excluding carboxylic acids is 1. The number of rotatable bonds is 3. The van der Waals surface area contributed by atoms with E-state index < -0.39 is 6.04 Å². The largest absolute Gasteiger partial charge is 0.378 e. The molecule has 1 heterocycles. The number of hydrogen-bond donors (Lipinski definition) is 1. The van der Waals surface area contributed by atoms with E-state index in [9.17, 15) is 4.79 Å². The topological polar surface area (TPSA) is 89.2 Å². The third kappa shape index (κ3) is 3.21. The molecule has 0 aromatic carbocycles. The van der Waals surface area contributed by atoms with Crippen molar-refractivity contribution in [3.05, 3.63) is 0 Å². The van der Waals surface area contributed by atoms with Crippen molar-refractivity contribution in [1.82, 2.24) is 10.2 Å². The molecule has 1 N–H and O–H groups in total. The molecule has 6 nitrogen and oxygen atoms in total. The SMILES string of the molecule is N#CCN(CC#N)C(=O)C1COCCN1. The summed E-state index contributed by atoms with van der Waals surface area (Å²) in [6.07, 6.45) is 0. The predicted molar refractivity (Wildman–Crippen MR) is 50.4 cm³/mol. The van der Waals surface area contributed by atoms with Crippen LogP contribution in [0.15, 0.2) is 0 Å². The molecule has 1 atom stereocenters. The molecule has 0 spiro atoms. The fourth-order valence-electron chi connectivity index (χ4n) is 1.33. The zero-order valence-electron chi connectivity index (χ0n) is 8.27. The number of hydrogen-bond acceptors (Lipinski definition) is 5. The maximum absolute atomic E-state index is 11.8. The molecule has 1 rings (SSSR count). The minimum absolute atomic E-state index is 0.0649. The van der Waals surface area contributed by atoms with E-state index in [0.717, 1.165) is 0 Å². The van der Waals surface area contributed by atoms with Crippen molar-refractivity contribution in [3.8, 4) is 12.1 Å². The molecular formula is C9H12N4O2. The first kappa shape index (κ1) is 11.4. The molecule has 80 valence electrons. The molecule has 1 aliphatic heterocycles. The second-order valence-corrected chi connectivity index (χ2v) is 3.09. The second kappa shape index (κ2) is 5.97. The minimum atomic E-state index is -0.430. The van der Waals surface area contributed by atoms with Crippen LogP contribution >= 0.6 is 0 Å². The van der Waals surface area contributed by atoms with Crippen LogP contribution in [0.2, 0.25) is 0 Å². The van der Waals surface area contributed by atoms with Gasteiger partial charge in [-0.15, -0.1) is 0 Å². The summed E-state index contributed by atoms with van der Waals surface area (Å²) in [6, 6.07) is 3.29. The van der Waals surface area contributed by atoms with Crippen LogP contribution in [0.4, 0.5) is 0 Å². The summed E-state index contributed by atoms with van der Waals surface area (Å²) in [5.41, 5.74) is 0. The van der Waals surface area contributed by atoms with Crippen molar-refractivity contribution in [1.29, 1.82) is 10.5 Å².